The van der Waals surface area contributed by atoms with Gasteiger partial charge in [-0.15, -0.1) is 0 Å². The van der Waals surface area contributed by atoms with Crippen molar-refractivity contribution < 1.29 is 5.11 Å². The summed E-state index contributed by atoms with van der Waals surface area (Å²) in [5, 5.41) is 8.63. The van der Waals surface area contributed by atoms with Gasteiger partial charge in [0, 0.05) is 0 Å². The number of para-hydroxylation sites is 1. The molecule has 0 aromatic heterocycles. The van der Waals surface area contributed by atoms with E-state index in [4.69, 9.17) is 5.11 Å². The minimum atomic E-state index is 0.322. The van der Waals surface area contributed by atoms with Gasteiger partial charge >= 0.3 is 0 Å². The van der Waals surface area contributed by atoms with Crippen molar-refractivity contribution in [1.29, 1.82) is 0 Å². The van der Waals surface area contributed by atoms with Gasteiger partial charge in [-0.3, -0.25) is 0 Å². The molecule has 1 heteroatoms. The number of phenols is 1. The highest BCUT2D eigenvalue weighted by molar-refractivity contribution is 5.18. The lowest BCUT2D eigenvalue weighted by Gasteiger charge is -2.37. The fourth-order valence-corrected chi connectivity index (χ4v) is 5.17. The number of hydrogen-bond acceptors (Lipinski definition) is 1. The predicted molar refractivity (Wildman–Crippen MR) is 90.3 cm³/mol. The van der Waals surface area contributed by atoms with E-state index >= 15 is 0 Å². The number of aromatic hydroxyl groups is 1. The second-order valence-electron chi connectivity index (χ2n) is 7.39. The van der Waals surface area contributed by atoms with E-state index in [9.17, 15) is 0 Å². The van der Waals surface area contributed by atoms with Crippen LogP contribution in [-0.4, -0.2) is 5.11 Å². The molecular weight excluding hydrogens is 256 g/mol. The molecule has 4 atom stereocenters. The Morgan fingerprint density at radius 2 is 1.62 bits per heavy atom. The van der Waals surface area contributed by atoms with E-state index in [1.807, 2.05) is 19.9 Å². The molecule has 3 aliphatic rings. The van der Waals surface area contributed by atoms with Crippen molar-refractivity contribution in [2.45, 2.75) is 59.8 Å². The van der Waals surface area contributed by atoms with Gasteiger partial charge in [0.05, 0.1) is 0 Å². The molecule has 4 unspecified atom stereocenters. The topological polar surface area (TPSA) is 20.2 Å². The summed E-state index contributed by atoms with van der Waals surface area (Å²) in [6, 6.07) is 8.71. The first-order valence-corrected chi connectivity index (χ1v) is 8.82. The first-order chi connectivity index (χ1) is 10.1. The summed E-state index contributed by atoms with van der Waals surface area (Å²) in [6.45, 7) is 9.01. The van der Waals surface area contributed by atoms with Gasteiger partial charge in [-0.05, 0) is 66.9 Å². The van der Waals surface area contributed by atoms with Crippen LogP contribution < -0.4 is 0 Å². The van der Waals surface area contributed by atoms with Crippen LogP contribution >= 0.6 is 0 Å². The van der Waals surface area contributed by atoms with Gasteiger partial charge in [-0.1, -0.05) is 52.3 Å². The summed E-state index contributed by atoms with van der Waals surface area (Å²) >= 11 is 0. The number of hydrogen-bond donors (Lipinski definition) is 1. The molecule has 0 saturated heterocycles. The highest BCUT2D eigenvalue weighted by atomic mass is 16.3. The zero-order chi connectivity index (χ0) is 15.5. The molecule has 21 heavy (non-hydrogen) atoms. The third kappa shape index (κ3) is 3.44. The Morgan fingerprint density at radius 3 is 2.19 bits per heavy atom. The maximum atomic E-state index is 8.63. The van der Waals surface area contributed by atoms with Crippen molar-refractivity contribution in [2.75, 3.05) is 0 Å². The van der Waals surface area contributed by atoms with Crippen LogP contribution in [0.1, 0.15) is 59.8 Å². The Balaban J connectivity index is 0.000000155. The minimum absolute atomic E-state index is 0.322. The standard InChI is InChI=1S/C12H20.C6H6O.C2H6/c1-12(2)7-8-6-11(12)10-5-3-4-9(8)10;7-6-4-2-1-3-5-6;1-2/h8-11H,3-7H2,1-2H3;1-5,7H;1-2H3. The first kappa shape index (κ1) is 16.4. The van der Waals surface area contributed by atoms with Crippen molar-refractivity contribution in [1.82, 2.24) is 0 Å². The van der Waals surface area contributed by atoms with Crippen molar-refractivity contribution in [3.05, 3.63) is 30.3 Å². The lowest BCUT2D eigenvalue weighted by atomic mass is 9.68. The van der Waals surface area contributed by atoms with Gasteiger partial charge in [0.1, 0.15) is 5.75 Å². The normalized spacial score (nSPS) is 34.3. The third-order valence-corrected chi connectivity index (χ3v) is 5.85. The predicted octanol–water partition coefficient (Wildman–Crippen LogP) is 5.89. The second kappa shape index (κ2) is 6.85. The molecule has 3 aliphatic carbocycles. The summed E-state index contributed by atoms with van der Waals surface area (Å²) in [6.07, 6.45) is 7.80. The Kier molecular flexibility index (Phi) is 5.35. The van der Waals surface area contributed by atoms with Crippen LogP contribution in [0.25, 0.3) is 0 Å². The SMILES string of the molecule is CC.CC1(C)CC2CC1C1CCCC21.Oc1ccccc1. The fraction of sp³-hybridized carbons (Fsp3) is 0.700. The lowest BCUT2D eigenvalue weighted by molar-refractivity contribution is 0.118. The highest BCUT2D eigenvalue weighted by Crippen LogP contribution is 2.65. The average Bonchev–Trinajstić information content (AvgIpc) is 3.13. The van der Waals surface area contributed by atoms with Gasteiger partial charge in [-0.25, -0.2) is 0 Å². The molecule has 0 heterocycles. The Labute approximate surface area is 130 Å². The minimum Gasteiger partial charge on any atom is -0.508 e. The van der Waals surface area contributed by atoms with Gasteiger partial charge in [-0.2, -0.15) is 0 Å². The Bertz CT molecular complexity index is 423. The van der Waals surface area contributed by atoms with Gasteiger partial charge in [0.15, 0.2) is 0 Å². The molecule has 0 aliphatic heterocycles. The Morgan fingerprint density at radius 1 is 1.00 bits per heavy atom. The number of phenolic OH excluding ortho intramolecular Hbond substituents is 1. The summed E-state index contributed by atoms with van der Waals surface area (Å²) in [7, 11) is 0. The molecule has 1 N–H and O–H groups in total. The van der Waals surface area contributed by atoms with Crippen molar-refractivity contribution >= 4 is 0 Å². The monoisotopic (exact) mass is 288 g/mol. The summed E-state index contributed by atoms with van der Waals surface area (Å²) < 4.78 is 0. The zero-order valence-corrected chi connectivity index (χ0v) is 14.2. The fourth-order valence-electron chi connectivity index (χ4n) is 5.17. The van der Waals surface area contributed by atoms with E-state index in [0.717, 1.165) is 17.8 Å². The molecule has 118 valence electrons. The number of benzene rings is 1. The molecule has 1 aromatic carbocycles. The molecule has 3 fully saturated rings. The molecule has 4 rings (SSSR count). The van der Waals surface area contributed by atoms with E-state index in [1.165, 1.54) is 5.92 Å². The molecule has 3 saturated carbocycles. The number of rotatable bonds is 0. The second-order valence-corrected chi connectivity index (χ2v) is 7.39. The van der Waals surface area contributed by atoms with Crippen LogP contribution in [0.3, 0.4) is 0 Å². The molecule has 0 spiro atoms. The highest BCUT2D eigenvalue weighted by Gasteiger charge is 2.56. The van der Waals surface area contributed by atoms with Crippen LogP contribution in [0.15, 0.2) is 30.3 Å². The van der Waals surface area contributed by atoms with Crippen molar-refractivity contribution in [3.63, 3.8) is 0 Å². The smallest absolute Gasteiger partial charge is 0.115 e. The molecular formula is C20H32O. The number of fused-ring (bicyclic) bond motifs is 5. The summed E-state index contributed by atoms with van der Waals surface area (Å²) in [4.78, 5) is 0. The summed E-state index contributed by atoms with van der Waals surface area (Å²) in [5.41, 5.74) is 0.705. The maximum absolute atomic E-state index is 8.63. The first-order valence-electron chi connectivity index (χ1n) is 8.82. The lowest BCUT2D eigenvalue weighted by Crippen LogP contribution is -2.30. The van der Waals surface area contributed by atoms with Crippen molar-refractivity contribution in [2.24, 2.45) is 29.1 Å². The molecule has 2 bridgehead atoms. The van der Waals surface area contributed by atoms with E-state index in [-0.39, 0.29) is 0 Å². The van der Waals surface area contributed by atoms with Crippen molar-refractivity contribution in [3.8, 4) is 5.75 Å². The largest absolute Gasteiger partial charge is 0.508 e. The quantitative estimate of drug-likeness (QED) is 0.631. The molecule has 1 nitrogen and oxygen atoms in total. The Hall–Kier alpha value is -0.980. The van der Waals surface area contributed by atoms with E-state index in [0.29, 0.717) is 11.2 Å². The van der Waals surface area contributed by atoms with Crippen LogP contribution in [0.5, 0.6) is 5.75 Å². The third-order valence-electron chi connectivity index (χ3n) is 5.85. The van der Waals surface area contributed by atoms with E-state index in [1.54, 1.807) is 56.4 Å². The van der Waals surface area contributed by atoms with Gasteiger partial charge in [0.25, 0.3) is 0 Å². The van der Waals surface area contributed by atoms with E-state index < -0.39 is 0 Å². The van der Waals surface area contributed by atoms with Crippen LogP contribution in [0.4, 0.5) is 0 Å². The summed E-state index contributed by atoms with van der Waals surface area (Å²) in [5.74, 6) is 4.89. The average molecular weight is 288 g/mol. The maximum Gasteiger partial charge on any atom is 0.115 e. The van der Waals surface area contributed by atoms with Gasteiger partial charge in [0.2, 0.25) is 0 Å². The van der Waals surface area contributed by atoms with E-state index in [2.05, 4.69) is 13.8 Å². The zero-order valence-electron chi connectivity index (χ0n) is 14.2. The molecule has 0 amide bonds. The van der Waals surface area contributed by atoms with Crippen LogP contribution in [-0.2, 0) is 0 Å². The van der Waals surface area contributed by atoms with Crippen LogP contribution in [0.2, 0.25) is 0 Å². The van der Waals surface area contributed by atoms with Gasteiger partial charge < -0.3 is 5.11 Å². The van der Waals surface area contributed by atoms with Crippen LogP contribution in [0, 0.1) is 29.1 Å². The molecule has 1 aromatic rings. The molecule has 0 radical (unpaired) electrons.